The van der Waals surface area contributed by atoms with Gasteiger partial charge >= 0.3 is 6.09 Å². The maximum atomic E-state index is 12.3. The van der Waals surface area contributed by atoms with Gasteiger partial charge in [0.25, 0.3) is 0 Å². The quantitative estimate of drug-likeness (QED) is 0.211. The molecule has 0 heterocycles. The number of ether oxygens (including phenoxy) is 2. The monoisotopic (exact) mass is 496 g/mol. The summed E-state index contributed by atoms with van der Waals surface area (Å²) in [5.74, 6) is 1.57. The number of carbonyl (C=O) groups is 1. The summed E-state index contributed by atoms with van der Waals surface area (Å²) >= 11 is 0. The summed E-state index contributed by atoms with van der Waals surface area (Å²) in [6.07, 6.45) is 5.52. The number of amides is 1. The number of guanidine groups is 1. The van der Waals surface area contributed by atoms with Crippen LogP contribution in [0.1, 0.15) is 52.9 Å². The highest BCUT2D eigenvalue weighted by Crippen LogP contribution is 2.29. The molecule has 0 spiro atoms. The highest BCUT2D eigenvalue weighted by atomic mass is 127. The van der Waals surface area contributed by atoms with E-state index in [1.54, 1.807) is 7.05 Å². The maximum absolute atomic E-state index is 12.3. The van der Waals surface area contributed by atoms with Crippen molar-refractivity contribution in [3.63, 3.8) is 0 Å². The van der Waals surface area contributed by atoms with E-state index in [4.69, 9.17) is 9.47 Å². The van der Waals surface area contributed by atoms with Crippen molar-refractivity contribution >= 4 is 36.0 Å². The Hall–Kier alpha value is -0.770. The largest absolute Gasteiger partial charge is 0.444 e. The second-order valence-corrected chi connectivity index (χ2v) is 8.20. The predicted molar refractivity (Wildman–Crippen MR) is 119 cm³/mol. The number of nitrogens with one attached hydrogen (secondary N) is 2. The van der Waals surface area contributed by atoms with Crippen LogP contribution < -0.4 is 10.6 Å². The van der Waals surface area contributed by atoms with E-state index in [0.29, 0.717) is 19.1 Å². The van der Waals surface area contributed by atoms with Crippen molar-refractivity contribution in [3.8, 4) is 0 Å². The Morgan fingerprint density at radius 1 is 1.15 bits per heavy atom. The van der Waals surface area contributed by atoms with Crippen molar-refractivity contribution in [2.24, 2.45) is 10.9 Å². The molecule has 2 saturated carbocycles. The zero-order valence-electron chi connectivity index (χ0n) is 17.3. The molecule has 2 fully saturated rings. The highest BCUT2D eigenvalue weighted by molar-refractivity contribution is 14.0. The van der Waals surface area contributed by atoms with Crippen LogP contribution in [0.3, 0.4) is 0 Å². The van der Waals surface area contributed by atoms with Gasteiger partial charge in [0.2, 0.25) is 0 Å². The second kappa shape index (κ2) is 11.9. The summed E-state index contributed by atoms with van der Waals surface area (Å²) in [7, 11) is 1.76. The zero-order valence-corrected chi connectivity index (χ0v) is 19.6. The third-order valence-electron chi connectivity index (χ3n) is 4.29. The van der Waals surface area contributed by atoms with Gasteiger partial charge in [0.15, 0.2) is 5.96 Å². The van der Waals surface area contributed by atoms with Crippen molar-refractivity contribution in [3.05, 3.63) is 0 Å². The average molecular weight is 496 g/mol. The number of aliphatic imine (C=N–C) groups is 1. The lowest BCUT2D eigenvalue weighted by atomic mass is 10.2. The predicted octanol–water partition coefficient (Wildman–Crippen LogP) is 2.99. The van der Waals surface area contributed by atoms with Crippen LogP contribution in [0.4, 0.5) is 4.79 Å². The third kappa shape index (κ3) is 11.0. The zero-order chi connectivity index (χ0) is 19.0. The number of nitrogens with zero attached hydrogens (tertiary/aromatic N) is 2. The van der Waals surface area contributed by atoms with Crippen molar-refractivity contribution in [1.82, 2.24) is 15.5 Å². The molecule has 0 unspecified atom stereocenters. The van der Waals surface area contributed by atoms with Crippen molar-refractivity contribution in [2.45, 2.75) is 64.5 Å². The normalized spacial score (nSPS) is 17.1. The first-order chi connectivity index (χ1) is 12.4. The first-order valence-electron chi connectivity index (χ1n) is 9.91. The van der Waals surface area contributed by atoms with Gasteiger partial charge in [0.05, 0.1) is 0 Å². The molecule has 2 N–H and O–H groups in total. The van der Waals surface area contributed by atoms with Crippen LogP contribution in [0.15, 0.2) is 4.99 Å². The summed E-state index contributed by atoms with van der Waals surface area (Å²) in [5.41, 5.74) is -0.461. The summed E-state index contributed by atoms with van der Waals surface area (Å²) in [6.45, 7) is 9.47. The van der Waals surface area contributed by atoms with Crippen LogP contribution in [0.5, 0.6) is 0 Å². The molecule has 27 heavy (non-hydrogen) atoms. The Balaban J connectivity index is 0.00000364. The van der Waals surface area contributed by atoms with Gasteiger partial charge in [-0.25, -0.2) is 4.79 Å². The van der Waals surface area contributed by atoms with E-state index >= 15 is 0 Å². The highest BCUT2D eigenvalue weighted by Gasteiger charge is 2.34. The van der Waals surface area contributed by atoms with E-state index in [1.807, 2.05) is 25.7 Å². The lowest BCUT2D eigenvalue weighted by Gasteiger charge is -2.27. The summed E-state index contributed by atoms with van der Waals surface area (Å²) in [5, 5.41) is 6.55. The van der Waals surface area contributed by atoms with Gasteiger partial charge < -0.3 is 25.0 Å². The van der Waals surface area contributed by atoms with E-state index in [9.17, 15) is 4.79 Å². The molecule has 7 nitrogen and oxygen atoms in total. The van der Waals surface area contributed by atoms with E-state index in [0.717, 1.165) is 50.9 Å². The molecule has 0 radical (unpaired) electrons. The minimum Gasteiger partial charge on any atom is -0.444 e. The minimum absolute atomic E-state index is 0. The average Bonchev–Trinajstić information content (AvgIpc) is 3.44. The third-order valence-corrected chi connectivity index (χ3v) is 4.29. The molecule has 0 aliphatic heterocycles. The topological polar surface area (TPSA) is 75.2 Å². The molecule has 2 aliphatic carbocycles. The van der Waals surface area contributed by atoms with Crippen molar-refractivity contribution in [2.75, 3.05) is 39.9 Å². The molecular weight excluding hydrogens is 459 g/mol. The molecule has 2 rings (SSSR count). The fourth-order valence-electron chi connectivity index (χ4n) is 2.56. The molecule has 0 aromatic carbocycles. The van der Waals surface area contributed by atoms with Gasteiger partial charge in [-0.1, -0.05) is 0 Å². The van der Waals surface area contributed by atoms with Crippen LogP contribution in [-0.4, -0.2) is 68.5 Å². The van der Waals surface area contributed by atoms with Crippen LogP contribution in [0.2, 0.25) is 0 Å². The van der Waals surface area contributed by atoms with Crippen LogP contribution in [0, 0.1) is 5.92 Å². The van der Waals surface area contributed by atoms with Gasteiger partial charge in [-0.05, 0) is 58.8 Å². The first kappa shape index (κ1) is 24.3. The SMILES string of the molecule is CN=C(NCCCOCC1CC1)NCCN(C(=O)OC(C)(C)C)C1CC1.I. The Labute approximate surface area is 181 Å². The number of hydrogen-bond donors (Lipinski definition) is 2. The Bertz CT molecular complexity index is 474. The molecule has 0 bridgehead atoms. The van der Waals surface area contributed by atoms with Crippen LogP contribution >= 0.6 is 24.0 Å². The van der Waals surface area contributed by atoms with Gasteiger partial charge in [-0.2, -0.15) is 0 Å². The van der Waals surface area contributed by atoms with Crippen LogP contribution in [-0.2, 0) is 9.47 Å². The summed E-state index contributed by atoms with van der Waals surface area (Å²) in [4.78, 5) is 18.4. The molecule has 2 aliphatic rings. The first-order valence-corrected chi connectivity index (χ1v) is 9.91. The van der Waals surface area contributed by atoms with E-state index in [-0.39, 0.29) is 30.1 Å². The van der Waals surface area contributed by atoms with Crippen LogP contribution in [0.25, 0.3) is 0 Å². The fourth-order valence-corrected chi connectivity index (χ4v) is 2.56. The van der Waals surface area contributed by atoms with Gasteiger partial charge in [0, 0.05) is 45.9 Å². The molecule has 1 amide bonds. The van der Waals surface area contributed by atoms with Crippen molar-refractivity contribution in [1.29, 1.82) is 0 Å². The number of halogens is 1. The fraction of sp³-hybridized carbons (Fsp3) is 0.895. The van der Waals surface area contributed by atoms with E-state index in [2.05, 4.69) is 15.6 Å². The summed E-state index contributed by atoms with van der Waals surface area (Å²) in [6, 6.07) is 0.324. The minimum atomic E-state index is -0.461. The summed E-state index contributed by atoms with van der Waals surface area (Å²) < 4.78 is 11.1. The molecule has 0 atom stereocenters. The number of rotatable bonds is 10. The lowest BCUT2D eigenvalue weighted by molar-refractivity contribution is 0.0238. The van der Waals surface area contributed by atoms with E-state index < -0.39 is 5.60 Å². The Morgan fingerprint density at radius 2 is 1.81 bits per heavy atom. The Morgan fingerprint density at radius 3 is 2.37 bits per heavy atom. The number of carbonyl (C=O) groups excluding carboxylic acids is 1. The van der Waals surface area contributed by atoms with Gasteiger partial charge in [-0.3, -0.25) is 4.99 Å². The molecule has 0 aromatic rings. The smallest absolute Gasteiger partial charge is 0.410 e. The molecule has 0 aromatic heterocycles. The van der Waals surface area contributed by atoms with Gasteiger partial charge in [-0.15, -0.1) is 24.0 Å². The number of hydrogen-bond acceptors (Lipinski definition) is 4. The van der Waals surface area contributed by atoms with Crippen molar-refractivity contribution < 1.29 is 14.3 Å². The molecule has 158 valence electrons. The molecular formula is C19H37IN4O3. The standard InChI is InChI=1S/C19H36N4O3.HI/c1-19(2,3)26-18(24)23(16-8-9-16)12-11-22-17(20-4)21-10-5-13-25-14-15-6-7-15;/h15-16H,5-14H2,1-4H3,(H2,20,21,22);1H. The lowest BCUT2D eigenvalue weighted by Crippen LogP contribution is -2.45. The van der Waals surface area contributed by atoms with Gasteiger partial charge in [0.1, 0.15) is 5.60 Å². The molecule has 8 heteroatoms. The maximum Gasteiger partial charge on any atom is 0.410 e. The Kier molecular flexibility index (Phi) is 10.7. The molecule has 0 saturated heterocycles. The van der Waals surface area contributed by atoms with E-state index in [1.165, 1.54) is 12.8 Å². The second-order valence-electron chi connectivity index (χ2n) is 8.20.